The number of carbonyl (C=O) groups is 3. The number of aromatic nitrogens is 1. The maximum Gasteiger partial charge on any atom is 0.573 e. The van der Waals surface area contributed by atoms with Gasteiger partial charge in [-0.3, -0.25) is 19.8 Å². The Bertz CT molecular complexity index is 1300. The highest BCUT2D eigenvalue weighted by atomic mass is 19.4. The van der Waals surface area contributed by atoms with Crippen molar-refractivity contribution in [1.82, 2.24) is 20.8 Å². The first-order valence-corrected chi connectivity index (χ1v) is 11.4. The lowest BCUT2D eigenvalue weighted by Gasteiger charge is -2.16. The van der Waals surface area contributed by atoms with Gasteiger partial charge in [-0.1, -0.05) is 11.6 Å². The molecule has 13 heteroatoms. The molecule has 3 heterocycles. The Balaban J connectivity index is 1.38. The number of nitrogens with zero attached hydrogens (tertiary/aromatic N) is 1. The smallest absolute Gasteiger partial charge is 0.406 e. The SMILES string of the molecule is Cc1c(C(=O)C(=O)NC2(C3=C[NH2+]NN3)CC2)c2n(c1C(=O)Nc1cccc(OC(F)(F)F)c1)CCC2. The van der Waals surface area contributed by atoms with E-state index >= 15 is 0 Å². The van der Waals surface area contributed by atoms with Gasteiger partial charge >= 0.3 is 6.36 Å². The minimum Gasteiger partial charge on any atom is -0.406 e. The van der Waals surface area contributed by atoms with Crippen LogP contribution in [-0.2, 0) is 17.8 Å². The third-order valence-corrected chi connectivity index (χ3v) is 6.54. The van der Waals surface area contributed by atoms with Crippen molar-refractivity contribution in [3.8, 4) is 5.75 Å². The minimum absolute atomic E-state index is 0.0961. The van der Waals surface area contributed by atoms with Crippen LogP contribution in [0.25, 0.3) is 0 Å². The van der Waals surface area contributed by atoms with E-state index in [0.29, 0.717) is 43.5 Å². The Labute approximate surface area is 203 Å². The number of benzene rings is 1. The number of carbonyl (C=O) groups excluding carboxylic acids is 3. The van der Waals surface area contributed by atoms with Crippen molar-refractivity contribution in [2.24, 2.45) is 0 Å². The molecule has 1 saturated carbocycles. The Morgan fingerprint density at radius 3 is 2.67 bits per heavy atom. The summed E-state index contributed by atoms with van der Waals surface area (Å²) in [5.74, 6) is -2.55. The molecule has 190 valence electrons. The molecule has 1 aliphatic carbocycles. The second-order valence-corrected chi connectivity index (χ2v) is 8.96. The molecule has 2 aromatic rings. The number of alkyl halides is 3. The Morgan fingerprint density at radius 2 is 2.00 bits per heavy atom. The number of amides is 2. The second kappa shape index (κ2) is 8.68. The quantitative estimate of drug-likeness (QED) is 0.218. The van der Waals surface area contributed by atoms with Gasteiger partial charge in [-0.2, -0.15) is 0 Å². The number of hydrogen-bond donors (Lipinski definition) is 5. The fourth-order valence-electron chi connectivity index (χ4n) is 4.81. The highest BCUT2D eigenvalue weighted by Crippen LogP contribution is 2.41. The molecule has 2 aliphatic heterocycles. The summed E-state index contributed by atoms with van der Waals surface area (Å²) in [6.45, 7) is 2.07. The third-order valence-electron chi connectivity index (χ3n) is 6.54. The van der Waals surface area contributed by atoms with Crippen molar-refractivity contribution in [2.45, 2.75) is 51.1 Å². The molecule has 36 heavy (non-hydrogen) atoms. The van der Waals surface area contributed by atoms with Crippen molar-refractivity contribution in [3.05, 3.63) is 58.7 Å². The fourth-order valence-corrected chi connectivity index (χ4v) is 4.81. The first-order chi connectivity index (χ1) is 17.1. The number of rotatable bonds is 7. The summed E-state index contributed by atoms with van der Waals surface area (Å²) in [5.41, 5.74) is 9.08. The van der Waals surface area contributed by atoms with E-state index in [0.717, 1.165) is 17.8 Å². The molecule has 10 nitrogen and oxygen atoms in total. The first kappa shape index (κ1) is 23.9. The van der Waals surface area contributed by atoms with Gasteiger partial charge in [-0.15, -0.1) is 13.2 Å². The van der Waals surface area contributed by atoms with E-state index in [4.69, 9.17) is 0 Å². The van der Waals surface area contributed by atoms with Crippen molar-refractivity contribution >= 4 is 23.3 Å². The highest BCUT2D eigenvalue weighted by molar-refractivity contribution is 6.44. The molecular weight excluding hydrogens is 481 g/mol. The lowest BCUT2D eigenvalue weighted by molar-refractivity contribution is -0.646. The average molecular weight is 505 g/mol. The molecule has 0 bridgehead atoms. The molecule has 6 N–H and O–H groups in total. The van der Waals surface area contributed by atoms with E-state index in [-0.39, 0.29) is 16.9 Å². The lowest BCUT2D eigenvalue weighted by atomic mass is 10.0. The predicted molar refractivity (Wildman–Crippen MR) is 119 cm³/mol. The van der Waals surface area contributed by atoms with Crippen LogP contribution in [0.15, 0.2) is 36.2 Å². The van der Waals surface area contributed by atoms with E-state index in [1.54, 1.807) is 23.1 Å². The molecule has 3 aliphatic rings. The number of ketones is 1. The standard InChI is InChI=1S/C23H23F3N6O4/c1-12-17(19(33)21(35)29-22(7-8-22)16-11-27-31-30-16)15-6-3-9-32(15)18(12)20(34)28-13-4-2-5-14(10-13)36-23(24,25)26/h2,4-5,10-11,27,30-31H,3,6-9H2,1H3,(H,28,34)(H,29,35)/p+1. The monoisotopic (exact) mass is 505 g/mol. The number of ether oxygens (including phenoxy) is 1. The van der Waals surface area contributed by atoms with Crippen LogP contribution >= 0.6 is 0 Å². The van der Waals surface area contributed by atoms with Crippen LogP contribution in [-0.4, -0.2) is 34.1 Å². The van der Waals surface area contributed by atoms with Gasteiger partial charge in [0.05, 0.1) is 11.1 Å². The van der Waals surface area contributed by atoms with Crippen LogP contribution in [0.5, 0.6) is 5.75 Å². The van der Waals surface area contributed by atoms with E-state index in [9.17, 15) is 27.6 Å². The second-order valence-electron chi connectivity index (χ2n) is 8.96. The maximum absolute atomic E-state index is 13.3. The average Bonchev–Trinajstić information content (AvgIpc) is 3.16. The molecule has 0 spiro atoms. The van der Waals surface area contributed by atoms with Crippen LogP contribution < -0.4 is 31.8 Å². The summed E-state index contributed by atoms with van der Waals surface area (Å²) in [6, 6.07) is 4.93. The summed E-state index contributed by atoms with van der Waals surface area (Å²) in [5, 5.41) is 5.41. The van der Waals surface area contributed by atoms with Crippen LogP contribution in [0.4, 0.5) is 18.9 Å². The Morgan fingerprint density at radius 1 is 1.22 bits per heavy atom. The molecule has 5 rings (SSSR count). The number of hydrogen-bond acceptors (Lipinski definition) is 6. The molecule has 0 unspecified atom stereocenters. The maximum atomic E-state index is 13.3. The summed E-state index contributed by atoms with van der Waals surface area (Å²) in [4.78, 5) is 39.4. The number of nitrogens with one attached hydrogen (secondary N) is 4. The largest absolute Gasteiger partial charge is 0.573 e. The molecule has 0 radical (unpaired) electrons. The number of nitrogens with two attached hydrogens (primary N) is 1. The summed E-state index contributed by atoms with van der Waals surface area (Å²) in [6.07, 6.45) is -0.467. The zero-order chi connectivity index (χ0) is 25.7. The molecule has 2 amide bonds. The number of quaternary nitrogens is 1. The van der Waals surface area contributed by atoms with Gasteiger partial charge in [0.2, 0.25) is 0 Å². The zero-order valence-electron chi connectivity index (χ0n) is 19.2. The van der Waals surface area contributed by atoms with Gasteiger partial charge in [0.1, 0.15) is 23.3 Å². The van der Waals surface area contributed by atoms with Gasteiger partial charge in [0.15, 0.2) is 0 Å². The Kier molecular flexibility index (Phi) is 5.75. The van der Waals surface area contributed by atoms with E-state index < -0.39 is 35.2 Å². The first-order valence-electron chi connectivity index (χ1n) is 11.4. The normalized spacial score (nSPS) is 17.6. The van der Waals surface area contributed by atoms with Crippen LogP contribution in [0.2, 0.25) is 0 Å². The van der Waals surface area contributed by atoms with Gasteiger partial charge in [0, 0.05) is 24.0 Å². The number of fused-ring (bicyclic) bond motifs is 1. The van der Waals surface area contributed by atoms with Crippen LogP contribution in [0.1, 0.15) is 51.4 Å². The number of anilines is 1. The third kappa shape index (κ3) is 4.42. The summed E-state index contributed by atoms with van der Waals surface area (Å²) < 4.78 is 43.3. The molecule has 1 aromatic heterocycles. The van der Waals surface area contributed by atoms with E-state index in [1.165, 1.54) is 12.1 Å². The molecule has 1 aromatic carbocycles. The van der Waals surface area contributed by atoms with E-state index in [2.05, 4.69) is 26.3 Å². The van der Waals surface area contributed by atoms with Crippen LogP contribution in [0.3, 0.4) is 0 Å². The number of Topliss-reactive ketones (excluding diaryl/α,β-unsaturated/α-hetero) is 1. The molecule has 1 fully saturated rings. The van der Waals surface area contributed by atoms with Crippen molar-refractivity contribution in [2.75, 3.05) is 5.32 Å². The lowest BCUT2D eigenvalue weighted by Crippen LogP contribution is -2.87. The minimum atomic E-state index is -4.87. The van der Waals surface area contributed by atoms with Crippen LogP contribution in [0, 0.1) is 6.92 Å². The number of halogens is 3. The van der Waals surface area contributed by atoms with Gasteiger partial charge < -0.3 is 19.9 Å². The zero-order valence-corrected chi connectivity index (χ0v) is 19.2. The van der Waals surface area contributed by atoms with Crippen molar-refractivity contribution in [3.63, 3.8) is 0 Å². The fraction of sp³-hybridized carbons (Fsp3) is 0.348. The molecule has 0 saturated heterocycles. The van der Waals surface area contributed by atoms with Crippen molar-refractivity contribution < 1.29 is 37.7 Å². The van der Waals surface area contributed by atoms with Crippen molar-refractivity contribution in [1.29, 1.82) is 0 Å². The van der Waals surface area contributed by atoms with Gasteiger partial charge in [-0.25, -0.2) is 5.43 Å². The predicted octanol–water partition coefficient (Wildman–Crippen LogP) is 1.15. The topological polar surface area (TPSA) is 130 Å². The summed E-state index contributed by atoms with van der Waals surface area (Å²) in [7, 11) is 0. The van der Waals surface area contributed by atoms with Gasteiger partial charge in [-0.05, 0) is 50.3 Å². The Hall–Kier alpha value is -3.84. The van der Waals surface area contributed by atoms with E-state index in [1.807, 2.05) is 0 Å². The number of hydrazine groups is 1. The molecule has 0 atom stereocenters. The van der Waals surface area contributed by atoms with Gasteiger partial charge in [0.25, 0.3) is 17.6 Å². The molecular formula is C23H24F3N6O4+. The highest BCUT2D eigenvalue weighted by Gasteiger charge is 2.51. The summed E-state index contributed by atoms with van der Waals surface area (Å²) >= 11 is 0.